The SMILES string of the molecule is FC(F)(F)[C@@H]1OCC12CNC2. The lowest BCUT2D eigenvalue weighted by molar-refractivity contribution is -0.333. The Hall–Kier alpha value is -0.290. The average molecular weight is 167 g/mol. The van der Waals surface area contributed by atoms with E-state index in [2.05, 4.69) is 10.1 Å². The van der Waals surface area contributed by atoms with Crippen LogP contribution in [0.2, 0.25) is 0 Å². The van der Waals surface area contributed by atoms with Crippen molar-refractivity contribution in [1.82, 2.24) is 5.32 Å². The van der Waals surface area contributed by atoms with Crippen LogP contribution >= 0.6 is 0 Å². The van der Waals surface area contributed by atoms with Crippen LogP contribution in [0, 0.1) is 5.41 Å². The van der Waals surface area contributed by atoms with E-state index in [4.69, 9.17) is 0 Å². The molecule has 0 unspecified atom stereocenters. The number of halogens is 3. The van der Waals surface area contributed by atoms with E-state index < -0.39 is 17.7 Å². The zero-order chi connectivity index (χ0) is 8.11. The Morgan fingerprint density at radius 3 is 2.09 bits per heavy atom. The fraction of sp³-hybridized carbons (Fsp3) is 1.00. The van der Waals surface area contributed by atoms with Gasteiger partial charge in [-0.3, -0.25) is 0 Å². The second kappa shape index (κ2) is 1.90. The Morgan fingerprint density at radius 2 is 2.00 bits per heavy atom. The molecule has 0 aliphatic carbocycles. The Labute approximate surface area is 61.7 Å². The summed E-state index contributed by atoms with van der Waals surface area (Å²) < 4.78 is 40.7. The fourth-order valence-corrected chi connectivity index (χ4v) is 1.58. The third-order valence-electron chi connectivity index (χ3n) is 2.35. The molecule has 2 nitrogen and oxygen atoms in total. The maximum absolute atomic E-state index is 12.1. The van der Waals surface area contributed by atoms with Crippen LogP contribution in [0.1, 0.15) is 0 Å². The first-order valence-electron chi connectivity index (χ1n) is 3.44. The lowest BCUT2D eigenvalue weighted by Gasteiger charge is -2.55. The molecule has 2 rings (SSSR count). The molecule has 0 bridgehead atoms. The first-order valence-corrected chi connectivity index (χ1v) is 3.44. The summed E-state index contributed by atoms with van der Waals surface area (Å²) in [5.74, 6) is 0. The molecule has 2 aliphatic rings. The van der Waals surface area contributed by atoms with E-state index in [9.17, 15) is 13.2 Å². The van der Waals surface area contributed by atoms with Crippen molar-refractivity contribution in [3.05, 3.63) is 0 Å². The van der Waals surface area contributed by atoms with Gasteiger partial charge >= 0.3 is 6.18 Å². The van der Waals surface area contributed by atoms with Crippen LogP contribution in [0.4, 0.5) is 13.2 Å². The quantitative estimate of drug-likeness (QED) is 0.568. The Kier molecular flexibility index (Phi) is 1.27. The molecule has 0 amide bonds. The number of ether oxygens (including phenoxy) is 1. The van der Waals surface area contributed by atoms with E-state index in [1.54, 1.807) is 0 Å². The Balaban J connectivity index is 2.06. The first kappa shape index (κ1) is 7.36. The van der Waals surface area contributed by atoms with Gasteiger partial charge in [-0.05, 0) is 0 Å². The molecule has 11 heavy (non-hydrogen) atoms. The van der Waals surface area contributed by atoms with Gasteiger partial charge in [0, 0.05) is 13.1 Å². The average Bonchev–Trinajstić information content (AvgIpc) is 1.49. The second-order valence-electron chi connectivity index (χ2n) is 3.20. The summed E-state index contributed by atoms with van der Waals surface area (Å²) in [6.45, 7) is 1.14. The van der Waals surface area contributed by atoms with Crippen molar-refractivity contribution in [3.63, 3.8) is 0 Å². The molecular formula is C6H8F3NO. The predicted octanol–water partition coefficient (Wildman–Crippen LogP) is 0.537. The van der Waals surface area contributed by atoms with Crippen molar-refractivity contribution in [1.29, 1.82) is 0 Å². The molecule has 64 valence electrons. The largest absolute Gasteiger partial charge is 0.415 e. The van der Waals surface area contributed by atoms with Crippen LogP contribution in [0.25, 0.3) is 0 Å². The lowest BCUT2D eigenvalue weighted by Crippen LogP contribution is -2.73. The molecule has 0 aromatic rings. The third kappa shape index (κ3) is 0.873. The minimum atomic E-state index is -4.18. The highest BCUT2D eigenvalue weighted by atomic mass is 19.4. The highest BCUT2D eigenvalue weighted by Crippen LogP contribution is 2.46. The van der Waals surface area contributed by atoms with Crippen LogP contribution in [0.5, 0.6) is 0 Å². The van der Waals surface area contributed by atoms with Gasteiger partial charge in [0.2, 0.25) is 0 Å². The van der Waals surface area contributed by atoms with Crippen LogP contribution in [-0.2, 0) is 4.74 Å². The highest BCUT2D eigenvalue weighted by Gasteiger charge is 2.63. The van der Waals surface area contributed by atoms with Gasteiger partial charge in [0.15, 0.2) is 6.10 Å². The highest BCUT2D eigenvalue weighted by molar-refractivity contribution is 5.06. The van der Waals surface area contributed by atoms with Gasteiger partial charge in [0.05, 0.1) is 12.0 Å². The molecule has 2 saturated heterocycles. The summed E-state index contributed by atoms with van der Waals surface area (Å²) in [7, 11) is 0. The lowest BCUT2D eigenvalue weighted by atomic mass is 9.73. The normalized spacial score (nSPS) is 34.6. The Bertz CT molecular complexity index is 170. The number of rotatable bonds is 0. The molecule has 2 heterocycles. The van der Waals surface area contributed by atoms with Crippen molar-refractivity contribution in [2.24, 2.45) is 5.41 Å². The van der Waals surface area contributed by atoms with Gasteiger partial charge in [-0.1, -0.05) is 0 Å². The summed E-state index contributed by atoms with van der Waals surface area (Å²) >= 11 is 0. The van der Waals surface area contributed by atoms with Gasteiger partial charge in [-0.25, -0.2) is 0 Å². The summed E-state index contributed by atoms with van der Waals surface area (Å²) in [6.07, 6.45) is -5.70. The standard InChI is InChI=1S/C6H8F3NO/c7-6(8,9)4-5(3-11-4)1-10-2-5/h4,10H,1-3H2/t4-/m1/s1. The summed E-state index contributed by atoms with van der Waals surface area (Å²) in [5, 5.41) is 2.83. The summed E-state index contributed by atoms with van der Waals surface area (Å²) in [6, 6.07) is 0. The molecule has 0 aromatic heterocycles. The molecule has 1 spiro atoms. The van der Waals surface area contributed by atoms with Crippen LogP contribution in [0.15, 0.2) is 0 Å². The van der Waals surface area contributed by atoms with E-state index in [-0.39, 0.29) is 6.61 Å². The molecule has 5 heteroatoms. The molecule has 0 radical (unpaired) electrons. The van der Waals surface area contributed by atoms with Crippen molar-refractivity contribution in [2.45, 2.75) is 12.3 Å². The van der Waals surface area contributed by atoms with Crippen molar-refractivity contribution < 1.29 is 17.9 Å². The van der Waals surface area contributed by atoms with Crippen molar-refractivity contribution >= 4 is 0 Å². The molecular weight excluding hydrogens is 159 g/mol. The first-order chi connectivity index (χ1) is 5.05. The van der Waals surface area contributed by atoms with E-state index >= 15 is 0 Å². The van der Waals surface area contributed by atoms with Gasteiger partial charge in [0.25, 0.3) is 0 Å². The van der Waals surface area contributed by atoms with E-state index in [0.29, 0.717) is 13.1 Å². The van der Waals surface area contributed by atoms with Crippen LogP contribution in [-0.4, -0.2) is 32.0 Å². The minimum absolute atomic E-state index is 0.254. The molecule has 1 N–H and O–H groups in total. The number of alkyl halides is 3. The third-order valence-corrected chi connectivity index (χ3v) is 2.35. The fourth-order valence-electron chi connectivity index (χ4n) is 1.58. The monoisotopic (exact) mass is 167 g/mol. The number of nitrogens with one attached hydrogen (secondary N) is 1. The van der Waals surface area contributed by atoms with Crippen LogP contribution < -0.4 is 5.32 Å². The van der Waals surface area contributed by atoms with Crippen molar-refractivity contribution in [2.75, 3.05) is 19.7 Å². The predicted molar refractivity (Wildman–Crippen MR) is 31.1 cm³/mol. The smallest absolute Gasteiger partial charge is 0.367 e. The minimum Gasteiger partial charge on any atom is -0.367 e. The zero-order valence-electron chi connectivity index (χ0n) is 5.74. The maximum atomic E-state index is 12.1. The van der Waals surface area contributed by atoms with E-state index in [0.717, 1.165) is 0 Å². The Morgan fingerprint density at radius 1 is 1.36 bits per heavy atom. The summed E-state index contributed by atoms with van der Waals surface area (Å²) in [5.41, 5.74) is -0.613. The topological polar surface area (TPSA) is 21.3 Å². The summed E-state index contributed by atoms with van der Waals surface area (Å²) in [4.78, 5) is 0. The van der Waals surface area contributed by atoms with E-state index in [1.165, 1.54) is 0 Å². The van der Waals surface area contributed by atoms with Gasteiger partial charge in [-0.2, -0.15) is 13.2 Å². The number of hydrogen-bond acceptors (Lipinski definition) is 2. The maximum Gasteiger partial charge on any atom is 0.415 e. The van der Waals surface area contributed by atoms with E-state index in [1.807, 2.05) is 0 Å². The molecule has 0 saturated carbocycles. The van der Waals surface area contributed by atoms with Crippen LogP contribution in [0.3, 0.4) is 0 Å². The molecule has 2 fully saturated rings. The van der Waals surface area contributed by atoms with Crippen molar-refractivity contribution in [3.8, 4) is 0 Å². The molecule has 1 atom stereocenters. The molecule has 2 aliphatic heterocycles. The second-order valence-corrected chi connectivity index (χ2v) is 3.20. The molecule has 0 aromatic carbocycles. The van der Waals surface area contributed by atoms with Gasteiger partial charge < -0.3 is 10.1 Å². The van der Waals surface area contributed by atoms with Gasteiger partial charge in [-0.15, -0.1) is 0 Å². The number of hydrogen-bond donors (Lipinski definition) is 1. The zero-order valence-corrected chi connectivity index (χ0v) is 5.74. The van der Waals surface area contributed by atoms with Gasteiger partial charge in [0.1, 0.15) is 0 Å².